The molecule has 0 unspecified atom stereocenters. The summed E-state index contributed by atoms with van der Waals surface area (Å²) in [6.45, 7) is 1.39. The Kier molecular flexibility index (Phi) is 7.59. The first-order valence-corrected chi connectivity index (χ1v) is 12.8. The number of hydrogen-bond donors (Lipinski definition) is 1. The van der Waals surface area contributed by atoms with E-state index in [1.165, 1.54) is 55.5 Å². The molecule has 2 aromatic carbocycles. The molecule has 0 bridgehead atoms. The average molecular weight is 495 g/mol. The number of carbonyl (C=O) groups excluding carboxylic acids is 1. The molecule has 0 aliphatic rings. The highest BCUT2D eigenvalue weighted by Gasteiger charge is 2.28. The monoisotopic (exact) mass is 494 g/mol. The van der Waals surface area contributed by atoms with Gasteiger partial charge in [-0.1, -0.05) is 40.8 Å². The Morgan fingerprint density at radius 2 is 1.78 bits per heavy atom. The first-order valence-electron chi connectivity index (χ1n) is 9.27. The summed E-state index contributed by atoms with van der Waals surface area (Å²) < 4.78 is 39.2. The Bertz CT molecular complexity index is 1200. The number of carbonyl (C=O) groups is 1. The quantitative estimate of drug-likeness (QED) is 0.356. The van der Waals surface area contributed by atoms with Gasteiger partial charge in [-0.05, 0) is 37.4 Å². The summed E-state index contributed by atoms with van der Waals surface area (Å²) in [4.78, 5) is 12.8. The summed E-state index contributed by atoms with van der Waals surface area (Å²) in [6.07, 6.45) is 1.85. The van der Waals surface area contributed by atoms with Gasteiger partial charge in [0.1, 0.15) is 6.54 Å². The van der Waals surface area contributed by atoms with Crippen LogP contribution in [0.15, 0.2) is 51.7 Å². The number of hydrogen-bond acceptors (Lipinski definition) is 9. The molecule has 9 nitrogen and oxygen atoms in total. The van der Waals surface area contributed by atoms with Gasteiger partial charge in [0.15, 0.2) is 15.8 Å². The Balaban J connectivity index is 1.98. The van der Waals surface area contributed by atoms with Crippen molar-refractivity contribution in [3.8, 4) is 11.5 Å². The molecule has 0 aliphatic heterocycles. The Hall–Kier alpha value is -2.83. The summed E-state index contributed by atoms with van der Waals surface area (Å²) in [7, 11) is -1.13. The molecule has 0 saturated heterocycles. The van der Waals surface area contributed by atoms with Crippen LogP contribution in [0.4, 0.5) is 10.8 Å². The highest BCUT2D eigenvalue weighted by atomic mass is 32.2. The molecule has 1 N–H and O–H groups in total. The molecule has 1 amide bonds. The largest absolute Gasteiger partial charge is 0.493 e. The van der Waals surface area contributed by atoms with E-state index in [0.717, 1.165) is 9.87 Å². The lowest BCUT2D eigenvalue weighted by Crippen LogP contribution is -2.38. The molecule has 0 aliphatic carbocycles. The minimum Gasteiger partial charge on any atom is -0.493 e. The van der Waals surface area contributed by atoms with E-state index < -0.39 is 22.5 Å². The van der Waals surface area contributed by atoms with Crippen LogP contribution in [-0.4, -0.2) is 51.5 Å². The number of methoxy groups -OCH3 is 2. The van der Waals surface area contributed by atoms with E-state index in [0.29, 0.717) is 21.0 Å². The van der Waals surface area contributed by atoms with Gasteiger partial charge in [0.2, 0.25) is 11.0 Å². The number of amides is 1. The number of benzene rings is 2. The number of thioether (sulfide) groups is 1. The van der Waals surface area contributed by atoms with Gasteiger partial charge in [-0.2, -0.15) is 0 Å². The molecule has 0 spiro atoms. The summed E-state index contributed by atoms with van der Waals surface area (Å²) in [5, 5.41) is 10.7. The lowest BCUT2D eigenvalue weighted by Gasteiger charge is -2.24. The SMILES string of the molecule is COc1ccc(N(CC(=O)Nc2nnc(SC)s2)S(=O)(=O)c2ccc(C)cc2)cc1OC. The van der Waals surface area contributed by atoms with Crippen LogP contribution in [0.5, 0.6) is 11.5 Å². The number of aryl methyl sites for hydroxylation is 1. The Labute approximate surface area is 194 Å². The van der Waals surface area contributed by atoms with Crippen LogP contribution in [0.25, 0.3) is 0 Å². The number of nitrogens with one attached hydrogen (secondary N) is 1. The number of anilines is 2. The highest BCUT2D eigenvalue weighted by Crippen LogP contribution is 2.34. The minimum atomic E-state index is -4.06. The minimum absolute atomic E-state index is 0.0614. The van der Waals surface area contributed by atoms with Crippen molar-refractivity contribution in [2.24, 2.45) is 0 Å². The number of ether oxygens (including phenoxy) is 2. The van der Waals surface area contributed by atoms with Gasteiger partial charge in [0.05, 0.1) is 24.8 Å². The second kappa shape index (κ2) is 10.2. The number of rotatable bonds is 9. The van der Waals surface area contributed by atoms with Gasteiger partial charge in [0, 0.05) is 6.07 Å². The van der Waals surface area contributed by atoms with Crippen LogP contribution in [-0.2, 0) is 14.8 Å². The van der Waals surface area contributed by atoms with Crippen molar-refractivity contribution in [1.29, 1.82) is 0 Å². The molecule has 3 aromatic rings. The van der Waals surface area contributed by atoms with E-state index in [-0.39, 0.29) is 10.6 Å². The van der Waals surface area contributed by atoms with Crippen molar-refractivity contribution in [2.45, 2.75) is 16.2 Å². The number of sulfonamides is 1. The first kappa shape index (κ1) is 23.8. The maximum absolute atomic E-state index is 13.5. The predicted molar refractivity (Wildman–Crippen MR) is 126 cm³/mol. The third-order valence-corrected chi connectivity index (χ3v) is 7.98. The molecule has 3 rings (SSSR count). The molecule has 32 heavy (non-hydrogen) atoms. The zero-order valence-corrected chi connectivity index (χ0v) is 20.3. The fourth-order valence-electron chi connectivity index (χ4n) is 2.76. The topological polar surface area (TPSA) is 111 Å². The molecular formula is C20H22N4O5S3. The molecule has 0 saturated carbocycles. The van der Waals surface area contributed by atoms with E-state index in [1.807, 2.05) is 13.2 Å². The van der Waals surface area contributed by atoms with E-state index in [9.17, 15) is 13.2 Å². The molecule has 0 fully saturated rings. The third-order valence-electron chi connectivity index (χ3n) is 4.38. The summed E-state index contributed by atoms with van der Waals surface area (Å²) in [6, 6.07) is 11.1. The summed E-state index contributed by atoms with van der Waals surface area (Å²) in [5.74, 6) is 0.217. The Morgan fingerprint density at radius 3 is 2.38 bits per heavy atom. The van der Waals surface area contributed by atoms with E-state index >= 15 is 0 Å². The zero-order valence-electron chi connectivity index (χ0n) is 17.9. The van der Waals surface area contributed by atoms with Crippen molar-refractivity contribution in [3.05, 3.63) is 48.0 Å². The number of aromatic nitrogens is 2. The fourth-order valence-corrected chi connectivity index (χ4v) is 5.36. The van der Waals surface area contributed by atoms with Gasteiger partial charge in [-0.3, -0.25) is 14.4 Å². The predicted octanol–water partition coefficient (Wildman–Crippen LogP) is 3.42. The van der Waals surface area contributed by atoms with Crippen LogP contribution in [0.1, 0.15) is 5.56 Å². The lowest BCUT2D eigenvalue weighted by atomic mass is 10.2. The second-order valence-electron chi connectivity index (χ2n) is 6.49. The van der Waals surface area contributed by atoms with Crippen molar-refractivity contribution < 1.29 is 22.7 Å². The van der Waals surface area contributed by atoms with Crippen LogP contribution >= 0.6 is 23.1 Å². The molecule has 1 heterocycles. The molecular weight excluding hydrogens is 472 g/mol. The molecule has 1 aromatic heterocycles. The van der Waals surface area contributed by atoms with E-state index in [1.54, 1.807) is 24.3 Å². The van der Waals surface area contributed by atoms with Crippen LogP contribution < -0.4 is 19.1 Å². The van der Waals surface area contributed by atoms with Gasteiger partial charge in [0.25, 0.3) is 10.0 Å². The lowest BCUT2D eigenvalue weighted by molar-refractivity contribution is -0.114. The van der Waals surface area contributed by atoms with Gasteiger partial charge < -0.3 is 9.47 Å². The fraction of sp³-hybridized carbons (Fsp3) is 0.250. The smallest absolute Gasteiger partial charge is 0.264 e. The Morgan fingerprint density at radius 1 is 1.09 bits per heavy atom. The highest BCUT2D eigenvalue weighted by molar-refractivity contribution is 8.00. The summed E-state index contributed by atoms with van der Waals surface area (Å²) in [5.41, 5.74) is 1.17. The van der Waals surface area contributed by atoms with Crippen LogP contribution in [0, 0.1) is 6.92 Å². The van der Waals surface area contributed by atoms with Crippen molar-refractivity contribution in [1.82, 2.24) is 10.2 Å². The van der Waals surface area contributed by atoms with E-state index in [2.05, 4.69) is 15.5 Å². The van der Waals surface area contributed by atoms with Crippen LogP contribution in [0.3, 0.4) is 0 Å². The normalized spacial score (nSPS) is 11.1. The van der Waals surface area contributed by atoms with Gasteiger partial charge in [-0.15, -0.1) is 10.2 Å². The average Bonchev–Trinajstić information content (AvgIpc) is 3.24. The molecule has 12 heteroatoms. The van der Waals surface area contributed by atoms with Crippen molar-refractivity contribution in [2.75, 3.05) is 36.6 Å². The van der Waals surface area contributed by atoms with Gasteiger partial charge >= 0.3 is 0 Å². The van der Waals surface area contributed by atoms with Crippen LogP contribution in [0.2, 0.25) is 0 Å². The van der Waals surface area contributed by atoms with Gasteiger partial charge in [-0.25, -0.2) is 8.42 Å². The molecule has 0 atom stereocenters. The summed E-state index contributed by atoms with van der Waals surface area (Å²) >= 11 is 2.60. The molecule has 0 radical (unpaired) electrons. The first-order chi connectivity index (χ1) is 15.3. The number of nitrogens with zero attached hydrogens (tertiary/aromatic N) is 3. The van der Waals surface area contributed by atoms with E-state index in [4.69, 9.17) is 9.47 Å². The van der Waals surface area contributed by atoms with Crippen molar-refractivity contribution in [3.63, 3.8) is 0 Å². The van der Waals surface area contributed by atoms with Crippen molar-refractivity contribution >= 4 is 49.8 Å². The maximum atomic E-state index is 13.5. The maximum Gasteiger partial charge on any atom is 0.264 e. The molecule has 170 valence electrons. The zero-order chi connectivity index (χ0) is 23.3. The third kappa shape index (κ3) is 5.31. The standard InChI is InChI=1S/C20H22N4O5S3/c1-13-5-8-15(9-6-13)32(26,27)24(14-7-10-16(28-2)17(11-14)29-3)12-18(25)21-19-22-23-20(30-4)31-19/h5-11H,12H2,1-4H3,(H,21,22,25). The second-order valence-corrected chi connectivity index (χ2v) is 10.4.